The summed E-state index contributed by atoms with van der Waals surface area (Å²) in [6.45, 7) is 1.19. The van der Waals surface area contributed by atoms with Gasteiger partial charge in [0, 0.05) is 23.6 Å². The number of aromatic nitrogens is 2. The number of ether oxygens (including phenoxy) is 2. The number of rotatable bonds is 3. The summed E-state index contributed by atoms with van der Waals surface area (Å²) in [6.07, 6.45) is 3.23. The van der Waals surface area contributed by atoms with E-state index in [-0.39, 0.29) is 12.2 Å². The third-order valence-corrected chi connectivity index (χ3v) is 3.63. The molecule has 1 N–H and O–H groups in total. The van der Waals surface area contributed by atoms with Gasteiger partial charge in [0.1, 0.15) is 11.3 Å². The largest absolute Gasteiger partial charge is 0.346 e. The Kier molecular flexibility index (Phi) is 3.53. The minimum absolute atomic E-state index is 0.241. The first-order chi connectivity index (χ1) is 11.3. The summed E-state index contributed by atoms with van der Waals surface area (Å²) in [5.41, 5.74) is 2.70. The fourth-order valence-electron chi connectivity index (χ4n) is 2.53. The Labute approximate surface area is 132 Å². The van der Waals surface area contributed by atoms with Crippen molar-refractivity contribution in [2.24, 2.45) is 0 Å². The van der Waals surface area contributed by atoms with Crippen molar-refractivity contribution in [1.82, 2.24) is 9.38 Å². The molecule has 1 fully saturated rings. The predicted molar refractivity (Wildman–Crippen MR) is 84.2 cm³/mol. The van der Waals surface area contributed by atoms with Gasteiger partial charge in [-0.15, -0.1) is 0 Å². The second kappa shape index (κ2) is 5.83. The normalized spacial score (nSPS) is 15.1. The summed E-state index contributed by atoms with van der Waals surface area (Å²) < 4.78 is 12.8. The third kappa shape index (κ3) is 2.81. The number of para-hydroxylation sites is 1. The quantitative estimate of drug-likeness (QED) is 0.808. The highest BCUT2D eigenvalue weighted by Gasteiger charge is 2.19. The molecule has 0 radical (unpaired) electrons. The highest BCUT2D eigenvalue weighted by molar-refractivity contribution is 6.03. The maximum atomic E-state index is 12.3. The third-order valence-electron chi connectivity index (χ3n) is 3.63. The van der Waals surface area contributed by atoms with Crippen LogP contribution in [-0.2, 0) is 9.47 Å². The van der Waals surface area contributed by atoms with Gasteiger partial charge in [-0.1, -0.05) is 18.2 Å². The van der Waals surface area contributed by atoms with E-state index >= 15 is 0 Å². The van der Waals surface area contributed by atoms with Crippen molar-refractivity contribution in [2.75, 3.05) is 18.5 Å². The molecule has 0 saturated carbocycles. The molecule has 4 rings (SSSR count). The van der Waals surface area contributed by atoms with Gasteiger partial charge in [0.05, 0.1) is 13.2 Å². The van der Waals surface area contributed by atoms with Crippen molar-refractivity contribution < 1.29 is 14.3 Å². The number of benzene rings is 1. The van der Waals surface area contributed by atoms with Crippen LogP contribution in [0, 0.1) is 0 Å². The summed E-state index contributed by atoms with van der Waals surface area (Å²) in [5, 5.41) is 2.82. The zero-order chi connectivity index (χ0) is 15.6. The van der Waals surface area contributed by atoms with Gasteiger partial charge in [-0.3, -0.25) is 4.79 Å². The number of carbonyl (C=O) groups excluding carboxylic acids is 1. The zero-order valence-electron chi connectivity index (χ0n) is 12.3. The van der Waals surface area contributed by atoms with Crippen LogP contribution >= 0.6 is 0 Å². The predicted octanol–water partition coefficient (Wildman–Crippen LogP) is 2.63. The van der Waals surface area contributed by atoms with E-state index in [1.165, 1.54) is 0 Å². The molecule has 23 heavy (non-hydrogen) atoms. The lowest BCUT2D eigenvalue weighted by atomic mass is 10.3. The van der Waals surface area contributed by atoms with E-state index in [0.717, 1.165) is 11.3 Å². The molecule has 0 aliphatic carbocycles. The molecule has 1 aliphatic rings. The number of anilines is 1. The van der Waals surface area contributed by atoms with Gasteiger partial charge < -0.3 is 19.2 Å². The number of nitrogens with zero attached hydrogens (tertiary/aromatic N) is 2. The van der Waals surface area contributed by atoms with Gasteiger partial charge in [-0.05, 0) is 24.3 Å². The topological polar surface area (TPSA) is 64.9 Å². The second-order valence-electron chi connectivity index (χ2n) is 5.25. The molecule has 0 bridgehead atoms. The number of fused-ring (bicyclic) bond motifs is 1. The highest BCUT2D eigenvalue weighted by atomic mass is 16.7. The molecule has 116 valence electrons. The molecular weight excluding hydrogens is 294 g/mol. The lowest BCUT2D eigenvalue weighted by Gasteiger charge is -2.08. The maximum absolute atomic E-state index is 12.3. The Morgan fingerprint density at radius 2 is 1.87 bits per heavy atom. The second-order valence-corrected chi connectivity index (χ2v) is 5.25. The summed E-state index contributed by atoms with van der Waals surface area (Å²) in [6, 6.07) is 13.0. The van der Waals surface area contributed by atoms with Crippen molar-refractivity contribution in [3.05, 3.63) is 66.1 Å². The molecule has 0 atom stereocenters. The number of imidazole rings is 1. The Morgan fingerprint density at radius 1 is 1.09 bits per heavy atom. The van der Waals surface area contributed by atoms with Gasteiger partial charge in [-0.2, -0.15) is 0 Å². The molecule has 1 aromatic carbocycles. The van der Waals surface area contributed by atoms with Crippen LogP contribution in [0.1, 0.15) is 22.3 Å². The van der Waals surface area contributed by atoms with Crippen LogP contribution in [0.3, 0.4) is 0 Å². The molecule has 1 amide bonds. The number of hydrogen-bond acceptors (Lipinski definition) is 4. The first kappa shape index (κ1) is 13.9. The fraction of sp³-hybridized carbons (Fsp3) is 0.176. The number of pyridine rings is 1. The molecule has 1 aliphatic heterocycles. The molecule has 2 aromatic heterocycles. The van der Waals surface area contributed by atoms with Crippen LogP contribution < -0.4 is 5.32 Å². The average Bonchev–Trinajstić information content (AvgIpc) is 3.24. The summed E-state index contributed by atoms with van der Waals surface area (Å²) >= 11 is 0. The summed E-state index contributed by atoms with van der Waals surface area (Å²) in [4.78, 5) is 16.6. The van der Waals surface area contributed by atoms with Crippen molar-refractivity contribution in [3.63, 3.8) is 0 Å². The van der Waals surface area contributed by atoms with Crippen molar-refractivity contribution >= 4 is 17.2 Å². The first-order valence-corrected chi connectivity index (χ1v) is 7.38. The van der Waals surface area contributed by atoms with E-state index < -0.39 is 0 Å². The molecule has 1 saturated heterocycles. The Hall–Kier alpha value is -2.70. The van der Waals surface area contributed by atoms with E-state index in [1.807, 2.05) is 48.7 Å². The van der Waals surface area contributed by atoms with Crippen LogP contribution in [0.4, 0.5) is 5.69 Å². The highest BCUT2D eigenvalue weighted by Crippen LogP contribution is 2.23. The fourth-order valence-corrected chi connectivity index (χ4v) is 2.53. The van der Waals surface area contributed by atoms with E-state index in [0.29, 0.717) is 24.6 Å². The number of amides is 1. The van der Waals surface area contributed by atoms with Crippen LogP contribution in [0.15, 0.2) is 54.9 Å². The summed E-state index contributed by atoms with van der Waals surface area (Å²) in [5.74, 6) is -0.241. The minimum atomic E-state index is -0.344. The molecule has 3 heterocycles. The van der Waals surface area contributed by atoms with Gasteiger partial charge in [0.25, 0.3) is 5.91 Å². The van der Waals surface area contributed by atoms with Crippen LogP contribution in [0.25, 0.3) is 5.65 Å². The molecule has 6 heteroatoms. The molecule has 0 spiro atoms. The average molecular weight is 309 g/mol. The minimum Gasteiger partial charge on any atom is -0.346 e. The summed E-state index contributed by atoms with van der Waals surface area (Å²) in [7, 11) is 0. The first-order valence-electron chi connectivity index (χ1n) is 7.38. The van der Waals surface area contributed by atoms with Gasteiger partial charge in [-0.25, -0.2) is 4.98 Å². The zero-order valence-corrected chi connectivity index (χ0v) is 12.3. The lowest BCUT2D eigenvalue weighted by molar-refractivity contribution is -0.0443. The van der Waals surface area contributed by atoms with Crippen LogP contribution in [-0.4, -0.2) is 28.5 Å². The van der Waals surface area contributed by atoms with Gasteiger partial charge >= 0.3 is 0 Å². The van der Waals surface area contributed by atoms with E-state index in [4.69, 9.17) is 9.47 Å². The smallest absolute Gasteiger partial charge is 0.275 e. The lowest BCUT2D eigenvalue weighted by Crippen LogP contribution is -2.11. The van der Waals surface area contributed by atoms with Crippen molar-refractivity contribution in [2.45, 2.75) is 6.29 Å². The van der Waals surface area contributed by atoms with Crippen molar-refractivity contribution in [3.8, 4) is 0 Å². The van der Waals surface area contributed by atoms with Crippen LogP contribution in [0.5, 0.6) is 0 Å². The van der Waals surface area contributed by atoms with Crippen LogP contribution in [0.2, 0.25) is 0 Å². The Morgan fingerprint density at radius 3 is 2.65 bits per heavy atom. The van der Waals surface area contributed by atoms with Gasteiger partial charge in [0.15, 0.2) is 6.29 Å². The number of carbonyl (C=O) groups is 1. The standard InChI is InChI=1S/C17H15N3O3/c21-16(18-13-4-2-1-3-5-13)14-11-20-10-12(6-7-15(20)19-14)17-22-8-9-23-17/h1-7,10-11,17H,8-9H2,(H,18,21). The molecule has 6 nitrogen and oxygen atoms in total. The van der Waals surface area contributed by atoms with E-state index in [2.05, 4.69) is 10.3 Å². The van der Waals surface area contributed by atoms with E-state index in [9.17, 15) is 4.79 Å². The molecule has 3 aromatic rings. The van der Waals surface area contributed by atoms with Crippen molar-refractivity contribution in [1.29, 1.82) is 0 Å². The number of hydrogen-bond donors (Lipinski definition) is 1. The van der Waals surface area contributed by atoms with Gasteiger partial charge in [0.2, 0.25) is 0 Å². The molecular formula is C17H15N3O3. The Balaban J connectivity index is 1.59. The SMILES string of the molecule is O=C(Nc1ccccc1)c1cn2cc(C3OCCO3)ccc2n1. The van der Waals surface area contributed by atoms with E-state index in [1.54, 1.807) is 10.6 Å². The number of nitrogens with one attached hydrogen (secondary N) is 1. The maximum Gasteiger partial charge on any atom is 0.275 e. The monoisotopic (exact) mass is 309 g/mol. The Bertz CT molecular complexity index is 839. The molecule has 0 unspecified atom stereocenters.